The van der Waals surface area contributed by atoms with E-state index < -0.39 is 6.10 Å². The number of rotatable bonds is 5. The first kappa shape index (κ1) is 11.5. The van der Waals surface area contributed by atoms with E-state index in [1.54, 1.807) is 0 Å². The average Bonchev–Trinajstić information content (AvgIpc) is 2.66. The van der Waals surface area contributed by atoms with Crippen molar-refractivity contribution in [1.29, 1.82) is 0 Å². The van der Waals surface area contributed by atoms with Crippen molar-refractivity contribution < 1.29 is 9.90 Å². The lowest BCUT2D eigenvalue weighted by molar-refractivity contribution is -0.122. The molecular weight excluding hydrogens is 180 g/mol. The molecule has 2 atom stereocenters. The van der Waals surface area contributed by atoms with E-state index in [0.29, 0.717) is 25.4 Å². The van der Waals surface area contributed by atoms with Crippen LogP contribution in [-0.2, 0) is 4.79 Å². The Labute approximate surface area is 85.1 Å². The summed E-state index contributed by atoms with van der Waals surface area (Å²) < 4.78 is 0. The minimum Gasteiger partial charge on any atom is -0.391 e. The highest BCUT2D eigenvalue weighted by Crippen LogP contribution is 2.08. The van der Waals surface area contributed by atoms with Crippen molar-refractivity contribution in [3.63, 3.8) is 0 Å². The molecule has 3 N–H and O–H groups in total. The lowest BCUT2D eigenvalue weighted by Gasteiger charge is -2.12. The van der Waals surface area contributed by atoms with Crippen LogP contribution in [0.25, 0.3) is 0 Å². The molecule has 4 heteroatoms. The van der Waals surface area contributed by atoms with Crippen LogP contribution in [0, 0.1) is 0 Å². The van der Waals surface area contributed by atoms with E-state index in [9.17, 15) is 9.90 Å². The van der Waals surface area contributed by atoms with Gasteiger partial charge in [0.05, 0.1) is 6.10 Å². The second kappa shape index (κ2) is 5.98. The van der Waals surface area contributed by atoms with Gasteiger partial charge in [-0.25, -0.2) is 0 Å². The maximum Gasteiger partial charge on any atom is 0.221 e. The number of nitrogens with one attached hydrogen (secondary N) is 2. The zero-order chi connectivity index (χ0) is 10.4. The second-order valence-corrected chi connectivity index (χ2v) is 3.86. The first-order chi connectivity index (χ1) is 6.72. The monoisotopic (exact) mass is 200 g/mol. The van der Waals surface area contributed by atoms with Gasteiger partial charge in [0.15, 0.2) is 0 Å². The Morgan fingerprint density at radius 2 is 2.50 bits per heavy atom. The highest BCUT2D eigenvalue weighted by atomic mass is 16.3. The Bertz CT molecular complexity index is 179. The van der Waals surface area contributed by atoms with Crippen molar-refractivity contribution in [1.82, 2.24) is 10.6 Å². The first-order valence-electron chi connectivity index (χ1n) is 5.40. The predicted octanol–water partition coefficient (Wildman–Crippen LogP) is 0.0156. The second-order valence-electron chi connectivity index (χ2n) is 3.86. The van der Waals surface area contributed by atoms with Crippen LogP contribution in [0.5, 0.6) is 0 Å². The molecule has 82 valence electrons. The summed E-state index contributed by atoms with van der Waals surface area (Å²) in [6.45, 7) is 3.30. The number of hydrogen-bond acceptors (Lipinski definition) is 3. The van der Waals surface area contributed by atoms with Gasteiger partial charge in [0.1, 0.15) is 0 Å². The van der Waals surface area contributed by atoms with Crippen molar-refractivity contribution in [2.24, 2.45) is 0 Å². The van der Waals surface area contributed by atoms with Crippen LogP contribution in [0.3, 0.4) is 0 Å². The molecule has 0 aromatic rings. The third-order valence-electron chi connectivity index (χ3n) is 2.60. The van der Waals surface area contributed by atoms with E-state index in [1.807, 2.05) is 6.92 Å². The molecule has 1 saturated heterocycles. The molecule has 1 aliphatic rings. The van der Waals surface area contributed by atoms with Gasteiger partial charge < -0.3 is 15.7 Å². The fourth-order valence-electron chi connectivity index (χ4n) is 1.60. The Balaban J connectivity index is 2.09. The molecule has 0 aromatic carbocycles. The molecule has 0 spiro atoms. The molecule has 1 fully saturated rings. The smallest absolute Gasteiger partial charge is 0.221 e. The van der Waals surface area contributed by atoms with Crippen LogP contribution in [0.15, 0.2) is 0 Å². The van der Waals surface area contributed by atoms with Gasteiger partial charge in [0.2, 0.25) is 5.91 Å². The summed E-state index contributed by atoms with van der Waals surface area (Å²) in [4.78, 5) is 11.4. The third kappa shape index (κ3) is 4.07. The third-order valence-corrected chi connectivity index (χ3v) is 2.60. The molecular formula is C10H20N2O2. The molecule has 0 aliphatic carbocycles. The molecule has 4 nitrogen and oxygen atoms in total. The first-order valence-corrected chi connectivity index (χ1v) is 5.40. The quantitative estimate of drug-likeness (QED) is 0.586. The number of aliphatic hydroxyl groups excluding tert-OH is 1. The summed E-state index contributed by atoms with van der Waals surface area (Å²) in [7, 11) is 0. The van der Waals surface area contributed by atoms with Gasteiger partial charge in [-0.3, -0.25) is 4.79 Å². The summed E-state index contributed by atoms with van der Waals surface area (Å²) in [6.07, 6.45) is 3.06. The van der Waals surface area contributed by atoms with E-state index in [0.717, 1.165) is 19.4 Å². The van der Waals surface area contributed by atoms with Gasteiger partial charge in [-0.05, 0) is 25.8 Å². The van der Waals surface area contributed by atoms with Gasteiger partial charge in [-0.2, -0.15) is 0 Å². The standard InChI is InChI=1S/C10H20N2O2/c1-2-9(13)7-12-10(14)6-8-4-3-5-11-8/h8-9,11,13H,2-7H2,1H3,(H,12,14). The largest absolute Gasteiger partial charge is 0.391 e. The van der Waals surface area contributed by atoms with Crippen LogP contribution in [-0.4, -0.2) is 36.2 Å². The van der Waals surface area contributed by atoms with E-state index in [1.165, 1.54) is 0 Å². The number of hydrogen-bond donors (Lipinski definition) is 3. The van der Waals surface area contributed by atoms with Crippen molar-refractivity contribution in [3.05, 3.63) is 0 Å². The maximum atomic E-state index is 11.4. The molecule has 2 unspecified atom stereocenters. The molecule has 1 heterocycles. The van der Waals surface area contributed by atoms with Gasteiger partial charge >= 0.3 is 0 Å². The molecule has 1 aliphatic heterocycles. The molecule has 1 rings (SSSR count). The van der Waals surface area contributed by atoms with Crippen molar-refractivity contribution in [3.8, 4) is 0 Å². The summed E-state index contributed by atoms with van der Waals surface area (Å²) in [5.41, 5.74) is 0. The van der Waals surface area contributed by atoms with E-state index in [-0.39, 0.29) is 5.91 Å². The number of carbonyl (C=O) groups excluding carboxylic acids is 1. The zero-order valence-corrected chi connectivity index (χ0v) is 8.75. The topological polar surface area (TPSA) is 61.4 Å². The number of amides is 1. The number of aliphatic hydroxyl groups is 1. The van der Waals surface area contributed by atoms with E-state index in [4.69, 9.17) is 0 Å². The fraction of sp³-hybridized carbons (Fsp3) is 0.900. The van der Waals surface area contributed by atoms with Gasteiger partial charge in [0.25, 0.3) is 0 Å². The molecule has 0 saturated carbocycles. The lowest BCUT2D eigenvalue weighted by atomic mass is 10.1. The van der Waals surface area contributed by atoms with Crippen molar-refractivity contribution in [2.75, 3.05) is 13.1 Å². The van der Waals surface area contributed by atoms with Crippen LogP contribution >= 0.6 is 0 Å². The lowest BCUT2D eigenvalue weighted by Crippen LogP contribution is -2.35. The zero-order valence-electron chi connectivity index (χ0n) is 8.75. The summed E-state index contributed by atoms with van der Waals surface area (Å²) in [5.74, 6) is 0.0388. The molecule has 1 amide bonds. The van der Waals surface area contributed by atoms with Gasteiger partial charge in [-0.15, -0.1) is 0 Å². The van der Waals surface area contributed by atoms with Crippen LogP contribution in [0.2, 0.25) is 0 Å². The van der Waals surface area contributed by atoms with E-state index in [2.05, 4.69) is 10.6 Å². The Morgan fingerprint density at radius 3 is 3.07 bits per heavy atom. The van der Waals surface area contributed by atoms with Crippen LogP contribution in [0.1, 0.15) is 32.6 Å². The van der Waals surface area contributed by atoms with Crippen molar-refractivity contribution in [2.45, 2.75) is 44.8 Å². The summed E-state index contributed by atoms with van der Waals surface area (Å²) >= 11 is 0. The predicted molar refractivity (Wildman–Crippen MR) is 54.9 cm³/mol. The Kier molecular flexibility index (Phi) is 4.90. The number of carbonyl (C=O) groups is 1. The SMILES string of the molecule is CCC(O)CNC(=O)CC1CCCN1. The van der Waals surface area contributed by atoms with Gasteiger partial charge in [0, 0.05) is 19.0 Å². The van der Waals surface area contributed by atoms with Crippen LogP contribution < -0.4 is 10.6 Å². The Hall–Kier alpha value is -0.610. The fourth-order valence-corrected chi connectivity index (χ4v) is 1.60. The highest BCUT2D eigenvalue weighted by Gasteiger charge is 2.17. The van der Waals surface area contributed by atoms with Crippen molar-refractivity contribution >= 4 is 5.91 Å². The summed E-state index contributed by atoms with van der Waals surface area (Å²) in [5, 5.41) is 15.2. The maximum absolute atomic E-state index is 11.4. The van der Waals surface area contributed by atoms with Gasteiger partial charge in [-0.1, -0.05) is 6.92 Å². The molecule has 0 radical (unpaired) electrons. The molecule has 0 bridgehead atoms. The summed E-state index contributed by atoms with van der Waals surface area (Å²) in [6, 6.07) is 0.341. The highest BCUT2D eigenvalue weighted by molar-refractivity contribution is 5.76. The Morgan fingerprint density at radius 1 is 1.71 bits per heavy atom. The minimum absolute atomic E-state index is 0.0388. The normalized spacial score (nSPS) is 23.4. The molecule has 0 aromatic heterocycles. The molecule has 14 heavy (non-hydrogen) atoms. The average molecular weight is 200 g/mol. The van der Waals surface area contributed by atoms with E-state index >= 15 is 0 Å². The van der Waals surface area contributed by atoms with Crippen LogP contribution in [0.4, 0.5) is 0 Å². The minimum atomic E-state index is -0.407.